The zero-order valence-electron chi connectivity index (χ0n) is 25.2. The largest absolute Gasteiger partial charge is 0.493 e. The quantitative estimate of drug-likeness (QED) is 0.212. The SMILES string of the molecule is Br.COc1cc2c(c(F)c1OC)C(=N)N(CC(=O)c1cc(N3CCC(F)C3)c(OCCCCC(=O)O)c(C(C)(C)C)c1)C2. The molecule has 12 heteroatoms. The molecule has 2 N–H and O–H groups in total. The number of ketones is 1. The number of Topliss-reactive ketones (excluding diaryl/α,β-unsaturated/α-hetero) is 1. The lowest BCUT2D eigenvalue weighted by Crippen LogP contribution is -2.31. The first-order chi connectivity index (χ1) is 19.8. The molecular formula is C31H40BrF2N3O6. The van der Waals surface area contributed by atoms with Gasteiger partial charge in [-0.05, 0) is 48.4 Å². The van der Waals surface area contributed by atoms with Crippen molar-refractivity contribution in [3.63, 3.8) is 0 Å². The van der Waals surface area contributed by atoms with Gasteiger partial charge in [0.15, 0.2) is 23.1 Å². The van der Waals surface area contributed by atoms with E-state index in [1.54, 1.807) is 18.2 Å². The molecule has 9 nitrogen and oxygen atoms in total. The van der Waals surface area contributed by atoms with Gasteiger partial charge >= 0.3 is 5.97 Å². The van der Waals surface area contributed by atoms with E-state index in [1.165, 1.54) is 19.1 Å². The third kappa shape index (κ3) is 7.39. The number of halogens is 3. The summed E-state index contributed by atoms with van der Waals surface area (Å²) in [7, 11) is 2.73. The Morgan fingerprint density at radius 3 is 2.42 bits per heavy atom. The monoisotopic (exact) mass is 667 g/mol. The van der Waals surface area contributed by atoms with Gasteiger partial charge in [-0.15, -0.1) is 17.0 Å². The number of alkyl halides is 1. The van der Waals surface area contributed by atoms with E-state index >= 15 is 4.39 Å². The Balaban J connectivity index is 0.00000506. The summed E-state index contributed by atoms with van der Waals surface area (Å²) in [5.41, 5.74) is 1.93. The van der Waals surface area contributed by atoms with E-state index in [0.29, 0.717) is 48.4 Å². The summed E-state index contributed by atoms with van der Waals surface area (Å²) >= 11 is 0. The number of amidine groups is 1. The first-order valence-electron chi connectivity index (χ1n) is 14.1. The highest BCUT2D eigenvalue weighted by atomic mass is 79.9. The van der Waals surface area contributed by atoms with Crippen LogP contribution in [0.3, 0.4) is 0 Å². The standard InChI is InChI=1S/C31H39F2N3O6.BrH/c1-31(2,3)21-12-18(13-22(35-10-9-20(32)16-35)28(21)42-11-7-6-8-25(38)39)23(37)17-36-15-19-14-24(40-4)29(41-5)27(33)26(19)30(36)34;/h12-14,20,34H,6-11,15-17H2,1-5H3,(H,38,39);1H. The van der Waals surface area contributed by atoms with E-state index in [1.807, 2.05) is 25.7 Å². The van der Waals surface area contributed by atoms with Gasteiger partial charge in [-0.3, -0.25) is 15.0 Å². The van der Waals surface area contributed by atoms with Crippen molar-refractivity contribution in [2.24, 2.45) is 0 Å². The van der Waals surface area contributed by atoms with Gasteiger partial charge in [-0.1, -0.05) is 20.8 Å². The molecule has 236 valence electrons. The van der Waals surface area contributed by atoms with Crippen molar-refractivity contribution >= 4 is 40.3 Å². The molecule has 0 amide bonds. The van der Waals surface area contributed by atoms with Crippen molar-refractivity contribution in [2.45, 2.75) is 64.6 Å². The smallest absolute Gasteiger partial charge is 0.303 e. The Morgan fingerprint density at radius 2 is 1.84 bits per heavy atom. The number of methoxy groups -OCH3 is 2. The summed E-state index contributed by atoms with van der Waals surface area (Å²) < 4.78 is 46.2. The molecule has 1 saturated heterocycles. The number of anilines is 1. The number of hydrogen-bond donors (Lipinski definition) is 2. The van der Waals surface area contributed by atoms with Crippen molar-refractivity contribution in [1.82, 2.24) is 4.90 Å². The van der Waals surface area contributed by atoms with Crippen LogP contribution in [0.15, 0.2) is 18.2 Å². The van der Waals surface area contributed by atoms with Crippen LogP contribution < -0.4 is 19.1 Å². The van der Waals surface area contributed by atoms with E-state index in [0.717, 1.165) is 5.56 Å². The van der Waals surface area contributed by atoms with Crippen LogP contribution in [0.5, 0.6) is 17.2 Å². The molecule has 0 saturated carbocycles. The average Bonchev–Trinajstić information content (AvgIpc) is 3.49. The molecule has 2 heterocycles. The molecule has 0 aliphatic carbocycles. The molecule has 2 aromatic rings. The molecule has 1 fully saturated rings. The van der Waals surface area contributed by atoms with Crippen LogP contribution in [0.25, 0.3) is 0 Å². The van der Waals surface area contributed by atoms with Crippen LogP contribution in [0, 0.1) is 11.2 Å². The third-order valence-electron chi connectivity index (χ3n) is 7.64. The maximum absolute atomic E-state index is 15.2. The number of unbranched alkanes of at least 4 members (excludes halogenated alkanes) is 1. The molecule has 1 atom stereocenters. The van der Waals surface area contributed by atoms with Crippen molar-refractivity contribution < 1.29 is 37.7 Å². The zero-order chi connectivity index (χ0) is 30.8. The second-order valence-corrected chi connectivity index (χ2v) is 11.7. The lowest BCUT2D eigenvalue weighted by atomic mass is 9.84. The van der Waals surface area contributed by atoms with Gasteiger partial charge in [-0.2, -0.15) is 0 Å². The predicted molar refractivity (Wildman–Crippen MR) is 165 cm³/mol. The van der Waals surface area contributed by atoms with Crippen LogP contribution in [0.4, 0.5) is 14.5 Å². The Labute approximate surface area is 261 Å². The van der Waals surface area contributed by atoms with Gasteiger partial charge in [0.25, 0.3) is 0 Å². The zero-order valence-corrected chi connectivity index (χ0v) is 26.9. The molecule has 0 bridgehead atoms. The number of carboxylic acid groups (broad SMARTS) is 1. The Morgan fingerprint density at radius 1 is 1.12 bits per heavy atom. The molecular weight excluding hydrogens is 628 g/mol. The van der Waals surface area contributed by atoms with Crippen LogP contribution in [0.2, 0.25) is 0 Å². The number of fused-ring (bicyclic) bond motifs is 1. The first-order valence-corrected chi connectivity index (χ1v) is 14.1. The molecule has 0 aromatic heterocycles. The number of carboxylic acids is 1. The Bertz CT molecular complexity index is 1380. The fourth-order valence-corrected chi connectivity index (χ4v) is 5.43. The minimum absolute atomic E-state index is 0. The highest BCUT2D eigenvalue weighted by Gasteiger charge is 2.34. The van der Waals surface area contributed by atoms with Crippen molar-refractivity contribution in [2.75, 3.05) is 45.4 Å². The maximum atomic E-state index is 15.2. The van der Waals surface area contributed by atoms with E-state index in [-0.39, 0.29) is 78.3 Å². The summed E-state index contributed by atoms with van der Waals surface area (Å²) in [5, 5.41) is 17.6. The molecule has 4 rings (SSSR count). The number of aliphatic carboxylic acids is 1. The van der Waals surface area contributed by atoms with Gasteiger partial charge in [0, 0.05) is 37.2 Å². The fraction of sp³-hybridized carbons (Fsp3) is 0.516. The van der Waals surface area contributed by atoms with Crippen molar-refractivity contribution in [3.05, 3.63) is 46.3 Å². The molecule has 43 heavy (non-hydrogen) atoms. The highest BCUT2D eigenvalue weighted by Crippen LogP contribution is 2.42. The topological polar surface area (TPSA) is 112 Å². The van der Waals surface area contributed by atoms with Gasteiger partial charge < -0.3 is 29.1 Å². The van der Waals surface area contributed by atoms with Crippen LogP contribution in [-0.2, 0) is 16.8 Å². The molecule has 2 aliphatic rings. The number of nitrogens with one attached hydrogen (secondary N) is 1. The lowest BCUT2D eigenvalue weighted by molar-refractivity contribution is -0.137. The second kappa shape index (κ2) is 13.9. The number of rotatable bonds is 12. The maximum Gasteiger partial charge on any atom is 0.303 e. The summed E-state index contributed by atoms with van der Waals surface area (Å²) in [4.78, 5) is 28.0. The number of benzene rings is 2. The second-order valence-electron chi connectivity index (χ2n) is 11.7. The van der Waals surface area contributed by atoms with Crippen LogP contribution in [-0.4, -0.2) is 74.2 Å². The van der Waals surface area contributed by atoms with E-state index in [2.05, 4.69) is 0 Å². The lowest BCUT2D eigenvalue weighted by Gasteiger charge is -2.30. The van der Waals surface area contributed by atoms with Gasteiger partial charge in [0.2, 0.25) is 0 Å². The first kappa shape index (κ1) is 34.1. The molecule has 2 aromatic carbocycles. The van der Waals surface area contributed by atoms with Gasteiger partial charge in [0.1, 0.15) is 17.8 Å². The molecule has 1 unspecified atom stereocenters. The van der Waals surface area contributed by atoms with E-state index < -0.39 is 23.4 Å². The van der Waals surface area contributed by atoms with Crippen molar-refractivity contribution in [1.29, 1.82) is 5.41 Å². The van der Waals surface area contributed by atoms with Crippen LogP contribution >= 0.6 is 17.0 Å². The molecule has 0 spiro atoms. The minimum Gasteiger partial charge on any atom is -0.493 e. The Hall–Kier alpha value is -3.41. The number of carbonyl (C=O) groups excluding carboxylic acids is 1. The number of hydrogen-bond acceptors (Lipinski definition) is 7. The summed E-state index contributed by atoms with van der Waals surface area (Å²) in [6.07, 6.45) is 0.405. The number of ether oxygens (including phenoxy) is 3. The number of carbonyl (C=O) groups is 2. The summed E-state index contributed by atoms with van der Waals surface area (Å²) in [6, 6.07) is 5.11. The van der Waals surface area contributed by atoms with Crippen LogP contribution in [0.1, 0.15) is 73.5 Å². The summed E-state index contributed by atoms with van der Waals surface area (Å²) in [6.45, 7) is 6.90. The highest BCUT2D eigenvalue weighted by molar-refractivity contribution is 8.93. The Kier molecular flexibility index (Phi) is 11.0. The fourth-order valence-electron chi connectivity index (χ4n) is 5.43. The minimum atomic E-state index is -1.00. The molecule has 2 aliphatic heterocycles. The third-order valence-corrected chi connectivity index (χ3v) is 7.64. The predicted octanol–water partition coefficient (Wildman–Crippen LogP) is 5.92. The normalized spacial score (nSPS) is 16.2. The van der Waals surface area contributed by atoms with E-state index in [4.69, 9.17) is 24.7 Å². The van der Waals surface area contributed by atoms with Gasteiger partial charge in [0.05, 0.1) is 38.6 Å². The molecule has 0 radical (unpaired) electrons. The van der Waals surface area contributed by atoms with E-state index in [9.17, 15) is 14.0 Å². The van der Waals surface area contributed by atoms with Crippen molar-refractivity contribution in [3.8, 4) is 17.2 Å². The average molecular weight is 669 g/mol. The van der Waals surface area contributed by atoms with Gasteiger partial charge in [-0.25, -0.2) is 8.78 Å². The summed E-state index contributed by atoms with van der Waals surface area (Å²) in [5.74, 6) is -1.28. The number of nitrogens with zero attached hydrogens (tertiary/aromatic N) is 2.